The van der Waals surface area contributed by atoms with Crippen LogP contribution >= 0.6 is 0 Å². The normalized spacial score (nSPS) is 13.0. The molecule has 8 nitrogen and oxygen atoms in total. The van der Waals surface area contributed by atoms with Crippen molar-refractivity contribution in [3.05, 3.63) is 24.3 Å². The van der Waals surface area contributed by atoms with E-state index in [2.05, 4.69) is 38.2 Å². The zero-order valence-corrected chi connectivity index (χ0v) is 40.1. The third kappa shape index (κ3) is 41.2. The van der Waals surface area contributed by atoms with Gasteiger partial charge in [0.15, 0.2) is 6.10 Å². The molecule has 0 heterocycles. The van der Waals surface area contributed by atoms with Gasteiger partial charge in [0.05, 0.1) is 40.3 Å². The lowest BCUT2D eigenvalue weighted by Crippen LogP contribution is -2.55. The second kappa shape index (κ2) is 43.5. The number of carbonyl (C=O) groups excluding carboxylic acids is 3. The second-order valence-corrected chi connectivity index (χ2v) is 18.4. The molecule has 0 aliphatic heterocycles. The van der Waals surface area contributed by atoms with Gasteiger partial charge in [-0.25, -0.2) is 0 Å². The lowest BCUT2D eigenvalue weighted by Gasteiger charge is -2.34. The number of hydrogen-bond acceptors (Lipinski definition) is 7. The minimum atomic E-state index is -1.12. The molecular formula is C52H97NO7. The fourth-order valence-electron chi connectivity index (χ4n) is 7.59. The monoisotopic (exact) mass is 848 g/mol. The van der Waals surface area contributed by atoms with Crippen molar-refractivity contribution in [1.29, 1.82) is 0 Å². The summed E-state index contributed by atoms with van der Waals surface area (Å²) in [6.07, 6.45) is 49.2. The summed E-state index contributed by atoms with van der Waals surface area (Å²) in [5.41, 5.74) is 0. The molecule has 0 bridgehead atoms. The highest BCUT2D eigenvalue weighted by molar-refractivity contribution is 5.70. The van der Waals surface area contributed by atoms with Gasteiger partial charge in [0.25, 0.3) is 0 Å². The first-order valence-corrected chi connectivity index (χ1v) is 25.4. The Hall–Kier alpha value is -2.19. The van der Waals surface area contributed by atoms with E-state index in [0.717, 1.165) is 51.4 Å². The van der Waals surface area contributed by atoms with Gasteiger partial charge >= 0.3 is 11.9 Å². The SMILES string of the molecule is CCCCCCCC/C=C\CCCCCCCC(=O)OCC(COCCC(C(=O)[O-])[N+](C)(C)C)OC(=O)CCCCCCCCCCC/C=C\CCCCCCCCCC. The minimum Gasteiger partial charge on any atom is -0.544 e. The molecule has 0 aliphatic rings. The first kappa shape index (κ1) is 57.8. The summed E-state index contributed by atoms with van der Waals surface area (Å²) in [5, 5.41) is 11.7. The largest absolute Gasteiger partial charge is 0.544 e. The molecule has 0 radical (unpaired) electrons. The number of ether oxygens (including phenoxy) is 3. The fourth-order valence-corrected chi connectivity index (χ4v) is 7.59. The Morgan fingerprint density at radius 1 is 0.483 bits per heavy atom. The molecule has 0 N–H and O–H groups in total. The molecule has 0 aliphatic carbocycles. The molecule has 2 atom stereocenters. The Kier molecular flexibility index (Phi) is 41.9. The molecule has 0 rings (SSSR count). The van der Waals surface area contributed by atoms with Gasteiger partial charge in [0, 0.05) is 19.3 Å². The number of carboxylic acids is 1. The van der Waals surface area contributed by atoms with Crippen molar-refractivity contribution >= 4 is 17.9 Å². The van der Waals surface area contributed by atoms with Gasteiger partial charge in [-0.15, -0.1) is 0 Å². The summed E-state index contributed by atoms with van der Waals surface area (Å²) < 4.78 is 17.2. The van der Waals surface area contributed by atoms with E-state index in [1.165, 1.54) is 154 Å². The number of nitrogens with zero attached hydrogens (tertiary/aromatic N) is 1. The third-order valence-electron chi connectivity index (χ3n) is 11.6. The lowest BCUT2D eigenvalue weighted by atomic mass is 10.1. The van der Waals surface area contributed by atoms with Crippen molar-refractivity contribution in [1.82, 2.24) is 0 Å². The maximum absolute atomic E-state index is 12.8. The number of aliphatic carboxylic acids is 1. The molecule has 8 heteroatoms. The molecule has 0 aromatic carbocycles. The molecule has 0 fully saturated rings. The van der Waals surface area contributed by atoms with E-state index in [1.807, 2.05) is 0 Å². The highest BCUT2D eigenvalue weighted by Gasteiger charge is 2.25. The fraction of sp³-hybridized carbons (Fsp3) is 0.865. The quantitative estimate of drug-likeness (QED) is 0.0260. The van der Waals surface area contributed by atoms with Gasteiger partial charge in [-0.3, -0.25) is 9.59 Å². The standard InChI is InChI=1S/C52H97NO7/c1-6-8-10-12-14-16-18-20-22-23-24-25-26-27-29-31-33-35-37-39-41-43-51(55)60-48(46-58-45-44-49(52(56)57)53(3,4)5)47-59-50(54)42-40-38-36-34-32-30-28-21-19-17-15-13-11-9-7-2/h21,23-24,28,48-49H,6-20,22,25-27,29-47H2,1-5H3/b24-23-,28-21-. The molecule has 0 saturated carbocycles. The van der Waals surface area contributed by atoms with Crippen molar-refractivity contribution in [2.45, 2.75) is 251 Å². The van der Waals surface area contributed by atoms with E-state index in [1.54, 1.807) is 21.1 Å². The summed E-state index contributed by atoms with van der Waals surface area (Å²) in [4.78, 5) is 37.0. The Balaban J connectivity index is 4.24. The Morgan fingerprint density at radius 3 is 1.20 bits per heavy atom. The molecule has 2 unspecified atom stereocenters. The lowest BCUT2D eigenvalue weighted by molar-refractivity contribution is -0.889. The average molecular weight is 848 g/mol. The predicted molar refractivity (Wildman–Crippen MR) is 250 cm³/mol. The molecule has 352 valence electrons. The van der Waals surface area contributed by atoms with Gasteiger partial charge in [-0.1, -0.05) is 179 Å². The van der Waals surface area contributed by atoms with Crippen LogP contribution in [0, 0.1) is 0 Å². The van der Waals surface area contributed by atoms with Crippen LogP contribution in [0.4, 0.5) is 0 Å². The molecule has 0 aromatic heterocycles. The van der Waals surface area contributed by atoms with Gasteiger partial charge in [0.1, 0.15) is 12.6 Å². The van der Waals surface area contributed by atoms with Crippen LogP contribution < -0.4 is 5.11 Å². The minimum absolute atomic E-state index is 0.0406. The van der Waals surface area contributed by atoms with Crippen LogP contribution in [0.2, 0.25) is 0 Å². The number of rotatable bonds is 46. The van der Waals surface area contributed by atoms with E-state index in [0.29, 0.717) is 12.8 Å². The maximum Gasteiger partial charge on any atom is 0.306 e. The van der Waals surface area contributed by atoms with E-state index in [-0.39, 0.29) is 42.7 Å². The number of carbonyl (C=O) groups is 3. The molecular weight excluding hydrogens is 751 g/mol. The topological polar surface area (TPSA) is 102 Å². The van der Waals surface area contributed by atoms with Crippen LogP contribution in [0.5, 0.6) is 0 Å². The van der Waals surface area contributed by atoms with Crippen molar-refractivity contribution in [3.63, 3.8) is 0 Å². The molecule has 0 amide bonds. The van der Waals surface area contributed by atoms with Crippen molar-refractivity contribution in [2.75, 3.05) is 41.0 Å². The third-order valence-corrected chi connectivity index (χ3v) is 11.6. The number of allylic oxidation sites excluding steroid dienone is 4. The van der Waals surface area contributed by atoms with Gasteiger partial charge in [-0.2, -0.15) is 0 Å². The number of hydrogen-bond donors (Lipinski definition) is 0. The Labute approximate surface area is 371 Å². The van der Waals surface area contributed by atoms with E-state index in [4.69, 9.17) is 14.2 Å². The van der Waals surface area contributed by atoms with Crippen LogP contribution in [0.1, 0.15) is 239 Å². The van der Waals surface area contributed by atoms with Crippen LogP contribution in [0.25, 0.3) is 0 Å². The number of esters is 2. The summed E-state index contributed by atoms with van der Waals surface area (Å²) in [5.74, 6) is -1.74. The summed E-state index contributed by atoms with van der Waals surface area (Å²) in [7, 11) is 5.42. The number of unbranched alkanes of at least 4 members (excludes halogenated alkanes) is 28. The molecule has 0 saturated heterocycles. The summed E-state index contributed by atoms with van der Waals surface area (Å²) >= 11 is 0. The van der Waals surface area contributed by atoms with Gasteiger partial charge in [-0.05, 0) is 64.2 Å². The van der Waals surface area contributed by atoms with Crippen molar-refractivity contribution < 1.29 is 38.2 Å². The van der Waals surface area contributed by atoms with Gasteiger partial charge < -0.3 is 28.6 Å². The van der Waals surface area contributed by atoms with Crippen LogP contribution in [-0.2, 0) is 28.6 Å². The van der Waals surface area contributed by atoms with E-state index in [9.17, 15) is 19.5 Å². The first-order valence-electron chi connectivity index (χ1n) is 25.4. The van der Waals surface area contributed by atoms with E-state index < -0.39 is 18.1 Å². The van der Waals surface area contributed by atoms with Crippen molar-refractivity contribution in [2.24, 2.45) is 0 Å². The number of carboxylic acid groups (broad SMARTS) is 1. The van der Waals surface area contributed by atoms with Crippen LogP contribution in [0.15, 0.2) is 24.3 Å². The van der Waals surface area contributed by atoms with Crippen LogP contribution in [-0.4, -0.2) is 75.5 Å². The predicted octanol–water partition coefficient (Wildman–Crippen LogP) is 13.1. The molecule has 0 spiro atoms. The zero-order chi connectivity index (χ0) is 44.2. The summed E-state index contributed by atoms with van der Waals surface area (Å²) in [6.45, 7) is 4.68. The number of quaternary nitrogens is 1. The smallest absolute Gasteiger partial charge is 0.306 e. The Bertz CT molecular complexity index is 1040. The average Bonchev–Trinajstić information content (AvgIpc) is 3.21. The highest BCUT2D eigenvalue weighted by Crippen LogP contribution is 2.15. The zero-order valence-electron chi connectivity index (χ0n) is 40.1. The first-order chi connectivity index (χ1) is 29.1. The molecule has 0 aromatic rings. The maximum atomic E-state index is 12.8. The summed E-state index contributed by atoms with van der Waals surface area (Å²) in [6, 6.07) is -0.725. The van der Waals surface area contributed by atoms with E-state index >= 15 is 0 Å². The number of likely N-dealkylation sites (N-methyl/N-ethyl adjacent to an activating group) is 1. The van der Waals surface area contributed by atoms with Crippen LogP contribution in [0.3, 0.4) is 0 Å². The molecule has 60 heavy (non-hydrogen) atoms. The highest BCUT2D eigenvalue weighted by atomic mass is 16.6. The second-order valence-electron chi connectivity index (χ2n) is 18.4. The Morgan fingerprint density at radius 2 is 0.833 bits per heavy atom. The van der Waals surface area contributed by atoms with Gasteiger partial charge in [0.2, 0.25) is 0 Å². The van der Waals surface area contributed by atoms with Crippen molar-refractivity contribution in [3.8, 4) is 0 Å².